The minimum atomic E-state index is -1.11. The molecular weight excluding hydrogens is 344 g/mol. The first kappa shape index (κ1) is 15.6. The molecule has 0 aromatic carbocycles. The van der Waals surface area contributed by atoms with E-state index in [1.165, 1.54) is 39.8 Å². The largest absolute Gasteiger partial charge is 0.477 e. The topological polar surface area (TPSA) is 109 Å². The summed E-state index contributed by atoms with van der Waals surface area (Å²) in [5.41, 5.74) is 7.27. The predicted octanol–water partition coefficient (Wildman–Crippen LogP) is 0.591. The first-order valence-corrected chi connectivity index (χ1v) is 7.95. The molecule has 0 bridgehead atoms. The third-order valence-corrected chi connectivity index (χ3v) is 6.07. The number of hydrogen-bond donors (Lipinski definition) is 2. The fraction of sp³-hybridized carbons (Fsp3) is 0.333. The molecule has 0 spiro atoms. The van der Waals surface area contributed by atoms with E-state index in [4.69, 9.17) is 5.73 Å². The molecule has 0 aliphatic carbocycles. The van der Waals surface area contributed by atoms with Gasteiger partial charge in [0.25, 0.3) is 0 Å². The van der Waals surface area contributed by atoms with Crippen LogP contribution in [-0.4, -0.2) is 49.2 Å². The molecule has 20 heavy (non-hydrogen) atoms. The van der Waals surface area contributed by atoms with Gasteiger partial charge in [-0.2, -0.15) is 0 Å². The summed E-state index contributed by atoms with van der Waals surface area (Å²) in [6.45, 7) is 0. The molecule has 2 aliphatic heterocycles. The van der Waals surface area contributed by atoms with Crippen LogP contribution in [0.25, 0.3) is 0 Å². The zero-order valence-corrected chi connectivity index (χ0v) is 13.0. The van der Waals surface area contributed by atoms with Crippen molar-refractivity contribution in [3.05, 3.63) is 16.1 Å². The highest BCUT2D eigenvalue weighted by molar-refractivity contribution is 8.07. The Kier molecular flexibility index (Phi) is 4.59. The number of nitrogens with two attached hydrogens (primary N) is 1. The number of carbonyl (C=O) groups excluding carboxylic acids is 1. The first-order chi connectivity index (χ1) is 9.09. The van der Waals surface area contributed by atoms with Gasteiger partial charge in [-0.3, -0.25) is 9.69 Å². The molecular formula is C9H9ClN4O3S3. The number of halogens is 1. The minimum absolute atomic E-state index is 0. The van der Waals surface area contributed by atoms with E-state index < -0.39 is 12.0 Å². The highest BCUT2D eigenvalue weighted by Crippen LogP contribution is 2.44. The molecule has 3 N–H and O–H groups in total. The van der Waals surface area contributed by atoms with Crippen molar-refractivity contribution >= 4 is 59.1 Å². The summed E-state index contributed by atoms with van der Waals surface area (Å²) in [7, 11) is 0. The average Bonchev–Trinajstić information content (AvgIpc) is 2.89. The van der Waals surface area contributed by atoms with Gasteiger partial charge in [0.05, 0.1) is 0 Å². The number of β-lactam (4-membered cyclic amide) rings is 1. The Bertz CT molecular complexity index is 579. The smallest absolute Gasteiger partial charge is 0.353 e. The molecule has 2 aliphatic rings. The summed E-state index contributed by atoms with van der Waals surface area (Å²) in [5.74, 6) is -0.948. The van der Waals surface area contributed by atoms with Gasteiger partial charge in [0.1, 0.15) is 22.6 Å². The van der Waals surface area contributed by atoms with Crippen LogP contribution < -0.4 is 5.73 Å². The van der Waals surface area contributed by atoms with Gasteiger partial charge < -0.3 is 10.8 Å². The summed E-state index contributed by atoms with van der Waals surface area (Å²) in [4.78, 5) is 25.0. The van der Waals surface area contributed by atoms with Crippen LogP contribution in [0.1, 0.15) is 0 Å². The van der Waals surface area contributed by atoms with Crippen molar-refractivity contribution in [3.8, 4) is 0 Å². The molecule has 0 saturated carbocycles. The summed E-state index contributed by atoms with van der Waals surface area (Å²) >= 11 is 4.04. The van der Waals surface area contributed by atoms with Crippen molar-refractivity contribution in [3.63, 3.8) is 0 Å². The average molecular weight is 353 g/mol. The number of aromatic nitrogens is 2. The Morgan fingerprint density at radius 2 is 2.35 bits per heavy atom. The van der Waals surface area contributed by atoms with Crippen molar-refractivity contribution in [1.29, 1.82) is 0 Å². The summed E-state index contributed by atoms with van der Waals surface area (Å²) in [5, 5.41) is 16.6. The molecule has 1 saturated heterocycles. The number of hydrogen-bond acceptors (Lipinski definition) is 8. The quantitative estimate of drug-likeness (QED) is 0.761. The summed E-state index contributed by atoms with van der Waals surface area (Å²) < 4.78 is 0.657. The van der Waals surface area contributed by atoms with Gasteiger partial charge in [-0.05, 0) is 0 Å². The Hall–Kier alpha value is -0.810. The van der Waals surface area contributed by atoms with Crippen LogP contribution in [0.4, 0.5) is 0 Å². The molecule has 0 radical (unpaired) electrons. The molecule has 1 aromatic rings. The van der Waals surface area contributed by atoms with Crippen molar-refractivity contribution in [2.75, 3.05) is 5.75 Å². The third-order valence-electron chi connectivity index (χ3n) is 2.73. The Morgan fingerprint density at radius 1 is 1.60 bits per heavy atom. The lowest BCUT2D eigenvalue weighted by atomic mass is 10.1. The van der Waals surface area contributed by atoms with E-state index in [9.17, 15) is 14.7 Å². The normalized spacial score (nSPS) is 24.9. The lowest BCUT2D eigenvalue weighted by Gasteiger charge is -2.47. The van der Waals surface area contributed by atoms with E-state index in [0.717, 1.165) is 0 Å². The molecule has 108 valence electrons. The molecule has 3 heterocycles. The molecule has 1 aromatic heterocycles. The molecule has 1 fully saturated rings. The van der Waals surface area contributed by atoms with Gasteiger partial charge in [-0.25, -0.2) is 4.79 Å². The van der Waals surface area contributed by atoms with E-state index in [0.29, 0.717) is 15.0 Å². The summed E-state index contributed by atoms with van der Waals surface area (Å²) in [6.07, 6.45) is 0. The van der Waals surface area contributed by atoms with Gasteiger partial charge in [0.2, 0.25) is 5.91 Å². The number of fused-ring (bicyclic) bond motifs is 1. The van der Waals surface area contributed by atoms with E-state index in [2.05, 4.69) is 10.2 Å². The van der Waals surface area contributed by atoms with Gasteiger partial charge in [0.15, 0.2) is 4.34 Å². The standard InChI is InChI=1S/C9H8N4O3S3.ClH/c10-4-6(14)13-5(8(15)16)3(1-17-7(4)13)19-9-12-11-2-18-9;/h2,4,7H,1,10H2,(H,15,16);1H/t4-,7-;/m1./s1. The number of aliphatic carboxylic acids is 1. The highest BCUT2D eigenvalue weighted by Gasteiger charge is 2.51. The van der Waals surface area contributed by atoms with Crippen molar-refractivity contribution in [2.24, 2.45) is 5.73 Å². The number of carboxylic acid groups (broad SMARTS) is 1. The van der Waals surface area contributed by atoms with E-state index in [1.54, 1.807) is 5.51 Å². The molecule has 1 amide bonds. The fourth-order valence-corrected chi connectivity index (χ4v) is 4.94. The van der Waals surface area contributed by atoms with Crippen LogP contribution in [0.15, 0.2) is 20.5 Å². The monoisotopic (exact) mass is 352 g/mol. The van der Waals surface area contributed by atoms with Crippen LogP contribution in [-0.2, 0) is 9.59 Å². The number of carbonyl (C=O) groups is 2. The van der Waals surface area contributed by atoms with Gasteiger partial charge in [-0.1, -0.05) is 23.1 Å². The second kappa shape index (κ2) is 5.90. The minimum Gasteiger partial charge on any atom is -0.477 e. The van der Waals surface area contributed by atoms with Gasteiger partial charge in [0, 0.05) is 10.7 Å². The number of rotatable bonds is 3. The zero-order valence-electron chi connectivity index (χ0n) is 9.75. The Morgan fingerprint density at radius 3 is 2.95 bits per heavy atom. The van der Waals surface area contributed by atoms with E-state index in [-0.39, 0.29) is 29.4 Å². The van der Waals surface area contributed by atoms with E-state index in [1.807, 2.05) is 0 Å². The van der Waals surface area contributed by atoms with Crippen LogP contribution >= 0.6 is 47.3 Å². The molecule has 3 rings (SSSR count). The van der Waals surface area contributed by atoms with Crippen molar-refractivity contribution in [1.82, 2.24) is 15.1 Å². The number of thioether (sulfide) groups is 2. The maximum absolute atomic E-state index is 11.7. The lowest BCUT2D eigenvalue weighted by Crippen LogP contribution is -2.68. The van der Waals surface area contributed by atoms with Crippen LogP contribution in [0, 0.1) is 0 Å². The number of carboxylic acids is 1. The van der Waals surface area contributed by atoms with Gasteiger partial charge >= 0.3 is 5.97 Å². The second-order valence-corrected chi connectivity index (χ2v) is 7.10. The van der Waals surface area contributed by atoms with Crippen LogP contribution in [0.3, 0.4) is 0 Å². The Labute approximate surface area is 132 Å². The number of amides is 1. The highest BCUT2D eigenvalue weighted by atomic mass is 35.5. The molecule has 7 nitrogen and oxygen atoms in total. The maximum Gasteiger partial charge on any atom is 0.353 e. The summed E-state index contributed by atoms with van der Waals surface area (Å²) in [6, 6.07) is -0.604. The molecule has 0 unspecified atom stereocenters. The zero-order chi connectivity index (χ0) is 13.6. The SMILES string of the molecule is Cl.N[C@@H]1C(=O)N2C(C(=O)O)=C(Sc3nncs3)CS[C@H]12. The second-order valence-electron chi connectivity index (χ2n) is 3.82. The lowest BCUT2D eigenvalue weighted by molar-refractivity contribution is -0.147. The van der Waals surface area contributed by atoms with E-state index >= 15 is 0 Å². The van der Waals surface area contributed by atoms with Crippen LogP contribution in [0.2, 0.25) is 0 Å². The first-order valence-electron chi connectivity index (χ1n) is 5.20. The maximum atomic E-state index is 11.7. The number of nitrogens with zero attached hydrogens (tertiary/aromatic N) is 3. The fourth-order valence-electron chi connectivity index (χ4n) is 1.88. The molecule has 2 atom stereocenters. The third kappa shape index (κ3) is 2.42. The van der Waals surface area contributed by atoms with Crippen molar-refractivity contribution in [2.45, 2.75) is 15.8 Å². The van der Waals surface area contributed by atoms with Crippen LogP contribution in [0.5, 0.6) is 0 Å². The van der Waals surface area contributed by atoms with Gasteiger partial charge in [-0.15, -0.1) is 34.4 Å². The van der Waals surface area contributed by atoms with Crippen molar-refractivity contribution < 1.29 is 14.7 Å². The predicted molar refractivity (Wildman–Crippen MR) is 78.7 cm³/mol. The molecule has 11 heteroatoms. The Balaban J connectivity index is 0.00000147.